The summed E-state index contributed by atoms with van der Waals surface area (Å²) in [4.78, 5) is 15.7. The molecule has 1 aliphatic heterocycles. The van der Waals surface area contributed by atoms with E-state index in [1.807, 2.05) is 36.4 Å². The van der Waals surface area contributed by atoms with Crippen molar-refractivity contribution < 1.29 is 14.6 Å². The minimum Gasteiger partial charge on any atom is -0.460 e. The average Bonchev–Trinajstić information content (AvgIpc) is 2.66. The van der Waals surface area contributed by atoms with E-state index in [1.165, 1.54) is 0 Å². The Morgan fingerprint density at radius 3 is 1.71 bits per heavy atom. The molecule has 0 bridgehead atoms. The Hall–Kier alpha value is -2.17. The highest BCUT2D eigenvalue weighted by Gasteiger charge is 2.47. The molecule has 0 radical (unpaired) electrons. The smallest absolute Gasteiger partial charge is 0.347 e. The fourth-order valence-corrected chi connectivity index (χ4v) is 4.36. The molecule has 0 atom stereocenters. The van der Waals surface area contributed by atoms with Gasteiger partial charge in [0, 0.05) is 23.9 Å². The number of nitrogens with zero attached hydrogens (tertiary/aromatic N) is 1. The molecule has 2 aromatic carbocycles. The standard InChI is InChI=1S/C24H31NO3/c1-22(2)16-20(17-23(3,4)25(22)5)28-21(26)24(27,18-12-8-6-9-13-18)19-14-10-7-11-15-19/h6-15,20,27H,16-17H2,1-5H3. The molecule has 0 aliphatic carbocycles. The van der Waals surface area contributed by atoms with Gasteiger partial charge in [0.1, 0.15) is 6.10 Å². The minimum atomic E-state index is -1.83. The lowest BCUT2D eigenvalue weighted by Gasteiger charge is -2.53. The number of carbonyl (C=O) groups excluding carboxylic acids is 1. The van der Waals surface area contributed by atoms with Crippen molar-refractivity contribution >= 4 is 5.97 Å². The zero-order valence-electron chi connectivity index (χ0n) is 17.5. The number of benzene rings is 2. The van der Waals surface area contributed by atoms with E-state index >= 15 is 0 Å². The van der Waals surface area contributed by atoms with Crippen LogP contribution in [0.1, 0.15) is 51.7 Å². The summed E-state index contributed by atoms with van der Waals surface area (Å²) < 4.78 is 5.97. The molecule has 0 spiro atoms. The lowest BCUT2D eigenvalue weighted by molar-refractivity contribution is -0.176. The summed E-state index contributed by atoms with van der Waals surface area (Å²) >= 11 is 0. The van der Waals surface area contributed by atoms with Crippen molar-refractivity contribution in [3.8, 4) is 0 Å². The van der Waals surface area contributed by atoms with Gasteiger partial charge < -0.3 is 9.84 Å². The van der Waals surface area contributed by atoms with Gasteiger partial charge in [-0.1, -0.05) is 60.7 Å². The van der Waals surface area contributed by atoms with Crippen LogP contribution >= 0.6 is 0 Å². The van der Waals surface area contributed by atoms with Crippen LogP contribution in [-0.2, 0) is 15.1 Å². The van der Waals surface area contributed by atoms with Crippen molar-refractivity contribution in [1.29, 1.82) is 0 Å². The van der Waals surface area contributed by atoms with Gasteiger partial charge in [0.05, 0.1) is 0 Å². The molecule has 3 rings (SSSR count). The average molecular weight is 382 g/mol. The van der Waals surface area contributed by atoms with Crippen LogP contribution in [0.5, 0.6) is 0 Å². The quantitative estimate of drug-likeness (QED) is 0.810. The second kappa shape index (κ2) is 7.34. The minimum absolute atomic E-state index is 0.107. The summed E-state index contributed by atoms with van der Waals surface area (Å²) in [5.41, 5.74) is -1.02. The molecule has 1 N–H and O–H groups in total. The Morgan fingerprint density at radius 2 is 1.32 bits per heavy atom. The van der Waals surface area contributed by atoms with Gasteiger partial charge in [0.15, 0.2) is 0 Å². The molecule has 0 aromatic heterocycles. The van der Waals surface area contributed by atoms with Gasteiger partial charge >= 0.3 is 5.97 Å². The Morgan fingerprint density at radius 1 is 0.929 bits per heavy atom. The topological polar surface area (TPSA) is 49.8 Å². The fraction of sp³-hybridized carbons (Fsp3) is 0.458. The molecule has 1 aliphatic rings. The number of rotatable bonds is 4. The molecular weight excluding hydrogens is 350 g/mol. The van der Waals surface area contributed by atoms with Crippen molar-refractivity contribution in [3.05, 3.63) is 71.8 Å². The molecule has 0 unspecified atom stereocenters. The number of esters is 1. The van der Waals surface area contributed by atoms with E-state index < -0.39 is 11.6 Å². The number of likely N-dealkylation sites (tertiary alicyclic amines) is 1. The van der Waals surface area contributed by atoms with E-state index in [-0.39, 0.29) is 17.2 Å². The van der Waals surface area contributed by atoms with Crippen LogP contribution in [0.15, 0.2) is 60.7 Å². The number of hydrogen-bond acceptors (Lipinski definition) is 4. The maximum atomic E-state index is 13.4. The Labute approximate surface area is 168 Å². The van der Waals surface area contributed by atoms with Crippen LogP contribution in [0.4, 0.5) is 0 Å². The summed E-state index contributed by atoms with van der Waals surface area (Å²) in [6.45, 7) is 8.65. The van der Waals surface area contributed by atoms with Crippen LogP contribution in [0.25, 0.3) is 0 Å². The Kier molecular flexibility index (Phi) is 5.39. The summed E-state index contributed by atoms with van der Waals surface area (Å²) in [6.07, 6.45) is 1.18. The first-order valence-electron chi connectivity index (χ1n) is 9.86. The molecule has 0 saturated carbocycles. The Bertz CT molecular complexity index is 757. The van der Waals surface area contributed by atoms with E-state index in [4.69, 9.17) is 4.74 Å². The molecule has 4 nitrogen and oxygen atoms in total. The summed E-state index contributed by atoms with van der Waals surface area (Å²) in [5.74, 6) is -0.619. The molecule has 150 valence electrons. The summed E-state index contributed by atoms with van der Waals surface area (Å²) in [6, 6.07) is 18.0. The van der Waals surface area contributed by atoms with Crippen LogP contribution in [0.3, 0.4) is 0 Å². The largest absolute Gasteiger partial charge is 0.460 e. The van der Waals surface area contributed by atoms with E-state index in [9.17, 15) is 9.90 Å². The molecule has 1 saturated heterocycles. The van der Waals surface area contributed by atoms with Gasteiger partial charge in [-0.25, -0.2) is 4.79 Å². The van der Waals surface area contributed by atoms with Crippen molar-refractivity contribution in [2.45, 2.75) is 63.3 Å². The molecule has 0 amide bonds. The van der Waals surface area contributed by atoms with Crippen LogP contribution in [-0.4, -0.2) is 40.2 Å². The number of hydrogen-bond donors (Lipinski definition) is 1. The fourth-order valence-electron chi connectivity index (χ4n) is 4.36. The highest BCUT2D eigenvalue weighted by atomic mass is 16.6. The lowest BCUT2D eigenvalue weighted by Crippen LogP contribution is -2.60. The zero-order valence-corrected chi connectivity index (χ0v) is 17.5. The zero-order chi connectivity index (χ0) is 20.6. The van der Waals surface area contributed by atoms with E-state index in [0.717, 1.165) is 12.8 Å². The second-order valence-corrected chi connectivity index (χ2v) is 9.06. The van der Waals surface area contributed by atoms with Gasteiger partial charge in [0.25, 0.3) is 0 Å². The molecular formula is C24H31NO3. The van der Waals surface area contributed by atoms with Crippen molar-refractivity contribution in [3.63, 3.8) is 0 Å². The number of aliphatic hydroxyl groups is 1. The van der Waals surface area contributed by atoms with E-state index in [1.54, 1.807) is 24.3 Å². The van der Waals surface area contributed by atoms with E-state index in [0.29, 0.717) is 11.1 Å². The van der Waals surface area contributed by atoms with Crippen LogP contribution in [0, 0.1) is 0 Å². The number of carbonyl (C=O) groups is 1. The Balaban J connectivity index is 1.93. The summed E-state index contributed by atoms with van der Waals surface area (Å²) in [7, 11) is 2.11. The second-order valence-electron chi connectivity index (χ2n) is 9.06. The maximum absolute atomic E-state index is 13.4. The van der Waals surface area contributed by atoms with Gasteiger partial charge in [-0.15, -0.1) is 0 Å². The van der Waals surface area contributed by atoms with Gasteiger partial charge in [-0.2, -0.15) is 0 Å². The third-order valence-corrected chi connectivity index (χ3v) is 6.22. The highest BCUT2D eigenvalue weighted by molar-refractivity contribution is 5.85. The third-order valence-electron chi connectivity index (χ3n) is 6.22. The molecule has 1 heterocycles. The van der Waals surface area contributed by atoms with Crippen molar-refractivity contribution in [2.24, 2.45) is 0 Å². The first kappa shape index (κ1) is 20.6. The SMILES string of the molecule is CN1C(C)(C)CC(OC(=O)C(O)(c2ccccc2)c2ccccc2)CC1(C)C. The first-order valence-corrected chi connectivity index (χ1v) is 9.86. The molecule has 2 aromatic rings. The maximum Gasteiger partial charge on any atom is 0.347 e. The van der Waals surface area contributed by atoms with Crippen LogP contribution in [0.2, 0.25) is 0 Å². The van der Waals surface area contributed by atoms with Crippen molar-refractivity contribution in [1.82, 2.24) is 4.90 Å². The molecule has 1 fully saturated rings. The number of ether oxygens (including phenoxy) is 1. The monoisotopic (exact) mass is 381 g/mol. The van der Waals surface area contributed by atoms with Crippen molar-refractivity contribution in [2.75, 3.05) is 7.05 Å². The number of piperidine rings is 1. The van der Waals surface area contributed by atoms with Crippen LogP contribution < -0.4 is 0 Å². The predicted molar refractivity (Wildman–Crippen MR) is 111 cm³/mol. The third kappa shape index (κ3) is 3.71. The normalized spacial score (nSPS) is 19.9. The molecule has 4 heteroatoms. The van der Waals surface area contributed by atoms with Gasteiger partial charge in [-0.05, 0) is 45.9 Å². The lowest BCUT2D eigenvalue weighted by atomic mass is 9.78. The predicted octanol–water partition coefficient (Wildman–Crippen LogP) is 4.12. The van der Waals surface area contributed by atoms with Gasteiger partial charge in [-0.3, -0.25) is 4.90 Å². The van der Waals surface area contributed by atoms with Gasteiger partial charge in [0.2, 0.25) is 5.60 Å². The molecule has 28 heavy (non-hydrogen) atoms. The summed E-state index contributed by atoms with van der Waals surface area (Å²) in [5, 5.41) is 11.6. The highest BCUT2D eigenvalue weighted by Crippen LogP contribution is 2.39. The first-order chi connectivity index (χ1) is 13.1. The van der Waals surface area contributed by atoms with E-state index in [2.05, 4.69) is 39.6 Å².